The third-order valence-corrected chi connectivity index (χ3v) is 4.14. The molecule has 0 radical (unpaired) electrons. The van der Waals surface area contributed by atoms with Crippen LogP contribution in [0.25, 0.3) is 0 Å². The fourth-order valence-electron chi connectivity index (χ4n) is 3.03. The van der Waals surface area contributed by atoms with Gasteiger partial charge in [0.25, 0.3) is 5.91 Å². The number of furan rings is 1. The van der Waals surface area contributed by atoms with Crippen LogP contribution in [-0.2, 0) is 0 Å². The summed E-state index contributed by atoms with van der Waals surface area (Å²) in [5.41, 5.74) is 0.530. The Morgan fingerprint density at radius 1 is 1.38 bits per heavy atom. The van der Waals surface area contributed by atoms with Gasteiger partial charge in [0.15, 0.2) is 11.5 Å². The van der Waals surface area contributed by atoms with Crippen molar-refractivity contribution >= 4 is 5.91 Å². The van der Waals surface area contributed by atoms with Gasteiger partial charge in [-0.25, -0.2) is 0 Å². The first-order valence-electron chi connectivity index (χ1n) is 8.00. The Bertz CT molecular complexity index is 683. The first-order valence-corrected chi connectivity index (χ1v) is 8.00. The lowest BCUT2D eigenvalue weighted by Crippen LogP contribution is -2.30. The van der Waals surface area contributed by atoms with Crippen LogP contribution < -0.4 is 9.47 Å². The average Bonchev–Trinajstić information content (AvgIpc) is 3.29. The second-order valence-electron chi connectivity index (χ2n) is 5.61. The Balaban J connectivity index is 1.83. The lowest BCUT2D eigenvalue weighted by molar-refractivity contribution is 0.0719. The molecule has 1 aliphatic heterocycles. The van der Waals surface area contributed by atoms with E-state index in [1.807, 2.05) is 17.0 Å². The largest absolute Gasteiger partial charge is 0.493 e. The highest BCUT2D eigenvalue weighted by Crippen LogP contribution is 2.35. The summed E-state index contributed by atoms with van der Waals surface area (Å²) in [6, 6.07) is 8.80. The first kappa shape index (κ1) is 16.4. The lowest BCUT2D eigenvalue weighted by Gasteiger charge is -2.23. The molecule has 1 atom stereocenters. The van der Waals surface area contributed by atoms with E-state index >= 15 is 0 Å². The SMILES string of the molecule is COc1ccc(C(=O)N2CCC[C@H]2c2ccco2)cc1OCCO. The predicted molar refractivity (Wildman–Crippen MR) is 87.3 cm³/mol. The fraction of sp³-hybridized carbons (Fsp3) is 0.389. The van der Waals surface area contributed by atoms with Crippen LogP contribution in [0.5, 0.6) is 11.5 Å². The molecule has 0 spiro atoms. The van der Waals surface area contributed by atoms with Gasteiger partial charge in [0.05, 0.1) is 26.0 Å². The van der Waals surface area contributed by atoms with Gasteiger partial charge in [0.1, 0.15) is 12.4 Å². The molecule has 1 saturated heterocycles. The Morgan fingerprint density at radius 3 is 2.96 bits per heavy atom. The van der Waals surface area contributed by atoms with Crippen molar-refractivity contribution in [3.63, 3.8) is 0 Å². The monoisotopic (exact) mass is 331 g/mol. The molecular weight excluding hydrogens is 310 g/mol. The molecule has 0 saturated carbocycles. The van der Waals surface area contributed by atoms with Crippen molar-refractivity contribution in [3.8, 4) is 11.5 Å². The quantitative estimate of drug-likeness (QED) is 0.881. The molecule has 2 aromatic rings. The lowest BCUT2D eigenvalue weighted by atomic mass is 10.1. The summed E-state index contributed by atoms with van der Waals surface area (Å²) >= 11 is 0. The third-order valence-electron chi connectivity index (χ3n) is 4.14. The van der Waals surface area contributed by atoms with Crippen molar-refractivity contribution < 1.29 is 23.8 Å². The molecule has 0 unspecified atom stereocenters. The number of aliphatic hydroxyl groups excluding tert-OH is 1. The number of rotatable bonds is 6. The second-order valence-corrected chi connectivity index (χ2v) is 5.61. The smallest absolute Gasteiger partial charge is 0.254 e. The molecule has 24 heavy (non-hydrogen) atoms. The molecule has 1 aliphatic rings. The molecule has 3 rings (SSSR count). The maximum Gasteiger partial charge on any atom is 0.254 e. The van der Waals surface area contributed by atoms with Crippen molar-refractivity contribution in [2.75, 3.05) is 26.9 Å². The van der Waals surface area contributed by atoms with Crippen LogP contribution >= 0.6 is 0 Å². The van der Waals surface area contributed by atoms with Gasteiger partial charge in [-0.15, -0.1) is 0 Å². The van der Waals surface area contributed by atoms with E-state index in [0.717, 1.165) is 18.6 Å². The molecule has 128 valence electrons. The molecule has 0 aliphatic carbocycles. The molecule has 1 aromatic heterocycles. The highest BCUT2D eigenvalue weighted by Gasteiger charge is 2.32. The summed E-state index contributed by atoms with van der Waals surface area (Å²) in [5.74, 6) is 1.73. The third kappa shape index (κ3) is 3.23. The Kier molecular flexibility index (Phi) is 5.05. The molecule has 1 amide bonds. The Hall–Kier alpha value is -2.47. The zero-order valence-corrected chi connectivity index (χ0v) is 13.6. The minimum Gasteiger partial charge on any atom is -0.493 e. The van der Waals surface area contributed by atoms with Gasteiger partial charge >= 0.3 is 0 Å². The summed E-state index contributed by atoms with van der Waals surface area (Å²) in [4.78, 5) is 14.7. The number of benzene rings is 1. The molecule has 1 fully saturated rings. The molecule has 6 heteroatoms. The number of hydrogen-bond donors (Lipinski definition) is 1. The van der Waals surface area contributed by atoms with Gasteiger partial charge in [-0.05, 0) is 43.2 Å². The van der Waals surface area contributed by atoms with Crippen molar-refractivity contribution in [1.82, 2.24) is 4.90 Å². The van der Waals surface area contributed by atoms with Crippen LogP contribution in [0, 0.1) is 0 Å². The van der Waals surface area contributed by atoms with E-state index in [1.165, 1.54) is 7.11 Å². The average molecular weight is 331 g/mol. The summed E-state index contributed by atoms with van der Waals surface area (Å²) < 4.78 is 16.2. The maximum absolute atomic E-state index is 12.9. The highest BCUT2D eigenvalue weighted by atomic mass is 16.5. The molecule has 1 N–H and O–H groups in total. The number of carbonyl (C=O) groups excluding carboxylic acids is 1. The minimum absolute atomic E-state index is 0.0311. The van der Waals surface area contributed by atoms with E-state index in [2.05, 4.69) is 0 Å². The zero-order valence-electron chi connectivity index (χ0n) is 13.6. The van der Waals surface area contributed by atoms with Crippen molar-refractivity contribution in [1.29, 1.82) is 0 Å². The molecule has 2 heterocycles. The van der Waals surface area contributed by atoms with Crippen LogP contribution in [0.4, 0.5) is 0 Å². The predicted octanol–water partition coefficient (Wildman–Crippen LogP) is 2.64. The molecular formula is C18H21NO5. The zero-order chi connectivity index (χ0) is 16.9. The number of amides is 1. The first-order chi connectivity index (χ1) is 11.7. The standard InChI is InChI=1S/C18H21NO5/c1-22-16-7-6-13(12-17(16)24-11-9-20)18(21)19-8-2-4-14(19)15-5-3-10-23-15/h3,5-7,10,12,14,20H,2,4,8-9,11H2,1H3/t14-/m0/s1. The number of carbonyl (C=O) groups is 1. The van der Waals surface area contributed by atoms with Gasteiger partial charge in [-0.3, -0.25) is 4.79 Å². The summed E-state index contributed by atoms with van der Waals surface area (Å²) in [6.45, 7) is 0.740. The maximum atomic E-state index is 12.9. The summed E-state index contributed by atoms with van der Waals surface area (Å²) in [5, 5.41) is 8.93. The summed E-state index contributed by atoms with van der Waals surface area (Å²) in [6.07, 6.45) is 3.47. The Labute approximate surface area is 140 Å². The highest BCUT2D eigenvalue weighted by molar-refractivity contribution is 5.95. The Morgan fingerprint density at radius 2 is 2.25 bits per heavy atom. The van der Waals surface area contributed by atoms with Crippen LogP contribution in [-0.4, -0.2) is 42.8 Å². The van der Waals surface area contributed by atoms with Crippen molar-refractivity contribution in [3.05, 3.63) is 47.9 Å². The fourth-order valence-corrected chi connectivity index (χ4v) is 3.03. The van der Waals surface area contributed by atoms with Crippen LogP contribution in [0.15, 0.2) is 41.0 Å². The number of likely N-dealkylation sites (tertiary alicyclic amines) is 1. The molecule has 0 bridgehead atoms. The molecule has 1 aromatic carbocycles. The van der Waals surface area contributed by atoms with Crippen LogP contribution in [0.2, 0.25) is 0 Å². The van der Waals surface area contributed by atoms with Crippen molar-refractivity contribution in [2.24, 2.45) is 0 Å². The number of ether oxygens (including phenoxy) is 2. The number of nitrogens with zero attached hydrogens (tertiary/aromatic N) is 1. The van der Waals surface area contributed by atoms with Gasteiger partial charge < -0.3 is 23.9 Å². The summed E-state index contributed by atoms with van der Waals surface area (Å²) in [7, 11) is 1.54. The number of methoxy groups -OCH3 is 1. The van der Waals surface area contributed by atoms with Crippen LogP contribution in [0.3, 0.4) is 0 Å². The second kappa shape index (κ2) is 7.40. The topological polar surface area (TPSA) is 72.1 Å². The van der Waals surface area contributed by atoms with Crippen LogP contribution in [0.1, 0.15) is 35.0 Å². The van der Waals surface area contributed by atoms with Gasteiger partial charge in [-0.1, -0.05) is 0 Å². The van der Waals surface area contributed by atoms with E-state index < -0.39 is 0 Å². The van der Waals surface area contributed by atoms with E-state index in [1.54, 1.807) is 24.5 Å². The van der Waals surface area contributed by atoms with Crippen molar-refractivity contribution in [2.45, 2.75) is 18.9 Å². The van der Waals surface area contributed by atoms with E-state index in [0.29, 0.717) is 23.6 Å². The van der Waals surface area contributed by atoms with E-state index in [4.69, 9.17) is 19.0 Å². The van der Waals surface area contributed by atoms with Gasteiger partial charge in [-0.2, -0.15) is 0 Å². The van der Waals surface area contributed by atoms with Gasteiger partial charge in [0.2, 0.25) is 0 Å². The number of aliphatic hydroxyl groups is 1. The normalized spacial score (nSPS) is 17.1. The van der Waals surface area contributed by atoms with E-state index in [-0.39, 0.29) is 25.2 Å². The number of hydrogen-bond acceptors (Lipinski definition) is 5. The van der Waals surface area contributed by atoms with Gasteiger partial charge in [0, 0.05) is 12.1 Å². The molecule has 6 nitrogen and oxygen atoms in total. The van der Waals surface area contributed by atoms with E-state index in [9.17, 15) is 4.79 Å². The minimum atomic E-state index is -0.103.